The monoisotopic (exact) mass is 257 g/mol. The molecule has 1 aromatic carbocycles. The van der Waals surface area contributed by atoms with Gasteiger partial charge in [0.2, 0.25) is 0 Å². The number of hydrogen-bond donors (Lipinski definition) is 1. The van der Waals surface area contributed by atoms with Gasteiger partial charge in [-0.2, -0.15) is 0 Å². The molecule has 1 aromatic heterocycles. The summed E-state index contributed by atoms with van der Waals surface area (Å²) in [5.74, 6) is 0. The summed E-state index contributed by atoms with van der Waals surface area (Å²) < 4.78 is 2.24. The Kier molecular flexibility index (Phi) is 3.11. The molecule has 102 valence electrons. The van der Waals surface area contributed by atoms with Crippen molar-refractivity contribution in [1.29, 1.82) is 0 Å². The van der Waals surface area contributed by atoms with Gasteiger partial charge >= 0.3 is 0 Å². The third-order valence-electron chi connectivity index (χ3n) is 4.28. The van der Waals surface area contributed by atoms with E-state index < -0.39 is 0 Å². The van der Waals surface area contributed by atoms with Crippen LogP contribution >= 0.6 is 0 Å². The molecule has 1 aliphatic rings. The van der Waals surface area contributed by atoms with E-state index in [1.807, 2.05) is 0 Å². The van der Waals surface area contributed by atoms with Crippen LogP contribution in [0, 0.1) is 0 Å². The van der Waals surface area contributed by atoms with Crippen LogP contribution in [0.3, 0.4) is 0 Å². The van der Waals surface area contributed by atoms with Gasteiger partial charge in [-0.25, -0.2) is 0 Å². The fourth-order valence-corrected chi connectivity index (χ4v) is 3.12. The summed E-state index contributed by atoms with van der Waals surface area (Å²) in [5, 5.41) is 1.39. The minimum Gasteiger partial charge on any atom is -0.350 e. The summed E-state index contributed by atoms with van der Waals surface area (Å²) >= 11 is 0. The normalized spacial score (nSPS) is 17.1. The number of rotatable bonds is 3. The molecule has 1 atom stereocenters. The third-order valence-corrected chi connectivity index (χ3v) is 4.28. The summed E-state index contributed by atoms with van der Waals surface area (Å²) in [6.45, 7) is 4.29. The van der Waals surface area contributed by atoms with Crippen LogP contribution in [0.15, 0.2) is 18.3 Å². The zero-order chi connectivity index (χ0) is 13.6. The second-order valence-corrected chi connectivity index (χ2v) is 5.95. The van der Waals surface area contributed by atoms with E-state index in [2.05, 4.69) is 48.8 Å². The molecule has 2 aromatic rings. The van der Waals surface area contributed by atoms with Crippen molar-refractivity contribution < 1.29 is 0 Å². The molecule has 19 heavy (non-hydrogen) atoms. The van der Waals surface area contributed by atoms with Crippen molar-refractivity contribution in [2.75, 3.05) is 7.05 Å². The fraction of sp³-hybridized carbons (Fsp3) is 0.500. The van der Waals surface area contributed by atoms with Gasteiger partial charge in [-0.05, 0) is 48.7 Å². The molecule has 1 aliphatic heterocycles. The first kappa shape index (κ1) is 12.7. The Labute approximate surface area is 115 Å². The maximum atomic E-state index is 6.12. The zero-order valence-corrected chi connectivity index (χ0v) is 12.1. The van der Waals surface area contributed by atoms with Crippen LogP contribution in [0.1, 0.15) is 30.0 Å². The van der Waals surface area contributed by atoms with E-state index in [0.717, 1.165) is 25.9 Å². The Balaban J connectivity index is 2.08. The lowest BCUT2D eigenvalue weighted by Gasteiger charge is -2.07. The minimum atomic E-state index is 0.265. The van der Waals surface area contributed by atoms with Gasteiger partial charge < -0.3 is 10.3 Å². The van der Waals surface area contributed by atoms with E-state index in [0.29, 0.717) is 0 Å². The highest BCUT2D eigenvalue weighted by Gasteiger charge is 2.19. The fourth-order valence-electron chi connectivity index (χ4n) is 3.12. The molecular weight excluding hydrogens is 234 g/mol. The van der Waals surface area contributed by atoms with Crippen LogP contribution in [-0.4, -0.2) is 22.6 Å². The molecule has 2 N–H and O–H groups in total. The van der Waals surface area contributed by atoms with Crippen molar-refractivity contribution in [3.05, 3.63) is 35.0 Å². The number of aryl methyl sites for hydroxylation is 1. The van der Waals surface area contributed by atoms with Crippen LogP contribution < -0.4 is 5.73 Å². The van der Waals surface area contributed by atoms with Gasteiger partial charge in [0.1, 0.15) is 0 Å². The molecule has 0 spiro atoms. The molecule has 3 nitrogen and oxygen atoms in total. The lowest BCUT2D eigenvalue weighted by Crippen LogP contribution is -2.21. The van der Waals surface area contributed by atoms with Crippen molar-refractivity contribution in [1.82, 2.24) is 9.47 Å². The molecular formula is C16H23N3. The number of fused-ring (bicyclic) bond motifs is 2. The third kappa shape index (κ3) is 2.17. The molecule has 3 rings (SSSR count). The molecule has 3 heteroatoms. The Hall–Kier alpha value is -1.32. The Morgan fingerprint density at radius 2 is 1.89 bits per heavy atom. The minimum absolute atomic E-state index is 0.265. The molecule has 0 fully saturated rings. The van der Waals surface area contributed by atoms with Crippen molar-refractivity contribution in [3.8, 4) is 0 Å². The lowest BCUT2D eigenvalue weighted by molar-refractivity contribution is 0.353. The summed E-state index contributed by atoms with van der Waals surface area (Å²) in [7, 11) is 4.31. The molecule has 0 saturated heterocycles. The smallest absolute Gasteiger partial charge is 0.0484 e. The van der Waals surface area contributed by atoms with E-state index in [1.54, 1.807) is 0 Å². The van der Waals surface area contributed by atoms with E-state index in [-0.39, 0.29) is 6.04 Å². The quantitative estimate of drug-likeness (QED) is 0.916. The first-order valence-electron chi connectivity index (χ1n) is 7.12. The summed E-state index contributed by atoms with van der Waals surface area (Å²) in [4.78, 5) is 2.36. The van der Waals surface area contributed by atoms with Crippen molar-refractivity contribution in [2.45, 2.75) is 38.9 Å². The van der Waals surface area contributed by atoms with Crippen LogP contribution in [0.5, 0.6) is 0 Å². The van der Waals surface area contributed by atoms with Crippen molar-refractivity contribution >= 4 is 10.9 Å². The van der Waals surface area contributed by atoms with Crippen LogP contribution in [0.25, 0.3) is 10.9 Å². The van der Waals surface area contributed by atoms with Gasteiger partial charge in [-0.15, -0.1) is 0 Å². The van der Waals surface area contributed by atoms with Gasteiger partial charge in [0.05, 0.1) is 0 Å². The van der Waals surface area contributed by atoms with E-state index >= 15 is 0 Å². The van der Waals surface area contributed by atoms with Gasteiger partial charge in [0, 0.05) is 43.3 Å². The van der Waals surface area contributed by atoms with Gasteiger partial charge in [0.15, 0.2) is 0 Å². The Morgan fingerprint density at radius 1 is 1.21 bits per heavy atom. The maximum Gasteiger partial charge on any atom is 0.0484 e. The highest BCUT2D eigenvalue weighted by atomic mass is 15.1. The second-order valence-electron chi connectivity index (χ2n) is 5.95. The van der Waals surface area contributed by atoms with Crippen LogP contribution in [-0.2, 0) is 26.6 Å². The van der Waals surface area contributed by atoms with Gasteiger partial charge in [-0.1, -0.05) is 6.92 Å². The lowest BCUT2D eigenvalue weighted by atomic mass is 10.0. The highest BCUT2D eigenvalue weighted by Crippen LogP contribution is 2.30. The van der Waals surface area contributed by atoms with E-state index in [1.165, 1.54) is 27.6 Å². The first-order valence-corrected chi connectivity index (χ1v) is 7.12. The Morgan fingerprint density at radius 3 is 2.58 bits per heavy atom. The van der Waals surface area contributed by atoms with Crippen LogP contribution in [0.2, 0.25) is 0 Å². The molecule has 1 unspecified atom stereocenters. The van der Waals surface area contributed by atoms with Gasteiger partial charge in [0.25, 0.3) is 0 Å². The standard InChI is InChI=1S/C16H23N3/c1-4-14(17)5-13-10-19(3)16-7-12-9-18(2)8-11(12)6-15(13)16/h6-7,10,14H,4-5,8-9,17H2,1-3H3. The molecule has 0 bridgehead atoms. The maximum absolute atomic E-state index is 6.12. The van der Waals surface area contributed by atoms with Gasteiger partial charge in [-0.3, -0.25) is 4.90 Å². The largest absolute Gasteiger partial charge is 0.350 e. The molecule has 0 saturated carbocycles. The summed E-state index contributed by atoms with van der Waals surface area (Å²) in [5.41, 5.74) is 11.8. The van der Waals surface area contributed by atoms with E-state index in [4.69, 9.17) is 5.73 Å². The number of hydrogen-bond acceptors (Lipinski definition) is 2. The summed E-state index contributed by atoms with van der Waals surface area (Å²) in [6, 6.07) is 5.00. The predicted molar refractivity (Wildman–Crippen MR) is 80.1 cm³/mol. The van der Waals surface area contributed by atoms with Crippen molar-refractivity contribution in [2.24, 2.45) is 12.8 Å². The summed E-state index contributed by atoms with van der Waals surface area (Å²) in [6.07, 6.45) is 4.26. The zero-order valence-electron chi connectivity index (χ0n) is 12.1. The topological polar surface area (TPSA) is 34.2 Å². The number of aromatic nitrogens is 1. The molecule has 2 heterocycles. The predicted octanol–water partition coefficient (Wildman–Crippen LogP) is 2.40. The number of nitrogens with zero attached hydrogens (tertiary/aromatic N) is 2. The molecule has 0 amide bonds. The van der Waals surface area contributed by atoms with Crippen molar-refractivity contribution in [3.63, 3.8) is 0 Å². The van der Waals surface area contributed by atoms with Crippen LogP contribution in [0.4, 0.5) is 0 Å². The second kappa shape index (κ2) is 4.66. The first-order chi connectivity index (χ1) is 9.08. The molecule has 0 radical (unpaired) electrons. The average Bonchev–Trinajstić information content (AvgIpc) is 2.87. The van der Waals surface area contributed by atoms with E-state index in [9.17, 15) is 0 Å². The number of benzene rings is 1. The number of nitrogens with two attached hydrogens (primary N) is 1. The highest BCUT2D eigenvalue weighted by molar-refractivity contribution is 5.86. The Bertz CT molecular complexity index is 612. The SMILES string of the molecule is CCC(N)Cc1cn(C)c2cc3c(cc12)CN(C)C3. The molecule has 0 aliphatic carbocycles. The average molecular weight is 257 g/mol.